The van der Waals surface area contributed by atoms with Gasteiger partial charge >= 0.3 is 0 Å². The maximum atomic E-state index is 11.8. The number of anilines is 1. The van der Waals surface area contributed by atoms with Crippen molar-refractivity contribution in [3.63, 3.8) is 0 Å². The quantitative estimate of drug-likeness (QED) is 0.923. The maximum Gasteiger partial charge on any atom is 0.275 e. The van der Waals surface area contributed by atoms with Gasteiger partial charge in [0.2, 0.25) is 0 Å². The molecule has 2 rings (SSSR count). The summed E-state index contributed by atoms with van der Waals surface area (Å²) in [5, 5.41) is 2.93. The van der Waals surface area contributed by atoms with E-state index in [9.17, 15) is 4.79 Å². The van der Waals surface area contributed by atoms with E-state index < -0.39 is 0 Å². The van der Waals surface area contributed by atoms with E-state index in [-0.39, 0.29) is 16.8 Å². The number of nitrogens with one attached hydrogen (secondary N) is 1. The Kier molecular flexibility index (Phi) is 3.74. The highest BCUT2D eigenvalue weighted by atomic mass is 35.5. The van der Waals surface area contributed by atoms with Gasteiger partial charge < -0.3 is 10.1 Å². The Labute approximate surface area is 109 Å². The number of halogens is 1. The smallest absolute Gasteiger partial charge is 0.275 e. The van der Waals surface area contributed by atoms with Gasteiger partial charge in [0.1, 0.15) is 16.6 Å². The van der Waals surface area contributed by atoms with Crippen LogP contribution in [0.2, 0.25) is 5.15 Å². The van der Waals surface area contributed by atoms with E-state index in [4.69, 9.17) is 16.3 Å². The second kappa shape index (κ2) is 5.46. The lowest BCUT2D eigenvalue weighted by Gasteiger charge is -2.06. The number of methoxy groups -OCH3 is 1. The first-order valence-corrected chi connectivity index (χ1v) is 5.50. The SMILES string of the molecule is COc1cccc(NC(=O)c2cnc(Cl)cn2)c1. The third-order valence-electron chi connectivity index (χ3n) is 2.18. The standard InChI is InChI=1S/C12H10ClN3O2/c1-18-9-4-2-3-8(5-9)16-12(17)10-6-15-11(13)7-14-10/h2-7H,1H3,(H,16,17). The molecule has 0 spiro atoms. The van der Waals surface area contributed by atoms with Crippen LogP contribution in [0.1, 0.15) is 10.5 Å². The Bertz CT molecular complexity index is 558. The molecule has 2 aromatic rings. The fourth-order valence-corrected chi connectivity index (χ4v) is 1.42. The second-order valence-corrected chi connectivity index (χ2v) is 3.80. The van der Waals surface area contributed by atoms with Crippen LogP contribution in [0.15, 0.2) is 36.7 Å². The zero-order valence-electron chi connectivity index (χ0n) is 9.55. The van der Waals surface area contributed by atoms with E-state index in [1.807, 2.05) is 0 Å². The molecule has 0 fully saturated rings. The highest BCUT2D eigenvalue weighted by Gasteiger charge is 2.08. The summed E-state index contributed by atoms with van der Waals surface area (Å²) in [6.45, 7) is 0. The van der Waals surface area contributed by atoms with E-state index in [0.29, 0.717) is 11.4 Å². The number of rotatable bonds is 3. The van der Waals surface area contributed by atoms with Crippen molar-refractivity contribution in [2.24, 2.45) is 0 Å². The molecule has 0 radical (unpaired) electrons. The Morgan fingerprint density at radius 2 is 2.17 bits per heavy atom. The maximum absolute atomic E-state index is 11.8. The van der Waals surface area contributed by atoms with Gasteiger partial charge in [0, 0.05) is 11.8 Å². The number of amides is 1. The van der Waals surface area contributed by atoms with Gasteiger partial charge in [0.15, 0.2) is 0 Å². The van der Waals surface area contributed by atoms with Gasteiger partial charge in [-0.15, -0.1) is 0 Å². The summed E-state index contributed by atoms with van der Waals surface area (Å²) >= 11 is 5.59. The van der Waals surface area contributed by atoms with Gasteiger partial charge in [0.05, 0.1) is 19.5 Å². The molecule has 0 aliphatic carbocycles. The number of carbonyl (C=O) groups excluding carboxylic acids is 1. The first-order chi connectivity index (χ1) is 8.69. The number of nitrogens with zero attached hydrogens (tertiary/aromatic N) is 2. The molecule has 0 atom stereocenters. The highest BCUT2D eigenvalue weighted by molar-refractivity contribution is 6.29. The zero-order valence-corrected chi connectivity index (χ0v) is 10.3. The van der Waals surface area contributed by atoms with Crippen LogP contribution in [-0.2, 0) is 0 Å². The van der Waals surface area contributed by atoms with Gasteiger partial charge in [-0.1, -0.05) is 17.7 Å². The molecule has 5 nitrogen and oxygen atoms in total. The van der Waals surface area contributed by atoms with Crippen LogP contribution in [0, 0.1) is 0 Å². The summed E-state index contributed by atoms with van der Waals surface area (Å²) in [5.41, 5.74) is 0.818. The van der Waals surface area contributed by atoms with E-state index in [0.717, 1.165) is 0 Å². The van der Waals surface area contributed by atoms with Gasteiger partial charge in [0.25, 0.3) is 5.91 Å². The fourth-order valence-electron chi connectivity index (χ4n) is 1.33. The highest BCUT2D eigenvalue weighted by Crippen LogP contribution is 2.17. The molecule has 18 heavy (non-hydrogen) atoms. The van der Waals surface area contributed by atoms with E-state index in [2.05, 4.69) is 15.3 Å². The second-order valence-electron chi connectivity index (χ2n) is 3.41. The average Bonchev–Trinajstić information content (AvgIpc) is 2.39. The molecule has 0 aliphatic rings. The Morgan fingerprint density at radius 1 is 1.33 bits per heavy atom. The topological polar surface area (TPSA) is 64.1 Å². The van der Waals surface area contributed by atoms with Crippen LogP contribution in [-0.4, -0.2) is 23.0 Å². The van der Waals surface area contributed by atoms with Crippen molar-refractivity contribution in [1.82, 2.24) is 9.97 Å². The van der Waals surface area contributed by atoms with Gasteiger partial charge in [-0.3, -0.25) is 4.79 Å². The lowest BCUT2D eigenvalue weighted by molar-refractivity contribution is 0.102. The van der Waals surface area contributed by atoms with Crippen molar-refractivity contribution in [1.29, 1.82) is 0 Å². The Hall–Kier alpha value is -2.14. The number of hydrogen-bond donors (Lipinski definition) is 1. The molecule has 1 N–H and O–H groups in total. The first kappa shape index (κ1) is 12.3. The number of aromatic nitrogens is 2. The molecular weight excluding hydrogens is 254 g/mol. The summed E-state index contributed by atoms with van der Waals surface area (Å²) in [7, 11) is 1.56. The molecule has 1 aromatic carbocycles. The average molecular weight is 264 g/mol. The van der Waals surface area contributed by atoms with E-state index >= 15 is 0 Å². The summed E-state index contributed by atoms with van der Waals surface area (Å²) in [4.78, 5) is 19.5. The van der Waals surface area contributed by atoms with Crippen LogP contribution in [0.25, 0.3) is 0 Å². The molecule has 92 valence electrons. The molecule has 0 aliphatic heterocycles. The minimum Gasteiger partial charge on any atom is -0.497 e. The van der Waals surface area contributed by atoms with Gasteiger partial charge in [-0.25, -0.2) is 9.97 Å². The molecule has 1 heterocycles. The number of hydrogen-bond acceptors (Lipinski definition) is 4. The van der Waals surface area contributed by atoms with Crippen molar-refractivity contribution in [2.45, 2.75) is 0 Å². The predicted molar refractivity (Wildman–Crippen MR) is 68.0 cm³/mol. The minimum atomic E-state index is -0.354. The van der Waals surface area contributed by atoms with Crippen LogP contribution in [0.4, 0.5) is 5.69 Å². The number of ether oxygens (including phenoxy) is 1. The number of benzene rings is 1. The fraction of sp³-hybridized carbons (Fsp3) is 0.0833. The third-order valence-corrected chi connectivity index (χ3v) is 2.38. The lowest BCUT2D eigenvalue weighted by atomic mass is 10.3. The number of carbonyl (C=O) groups is 1. The van der Waals surface area contributed by atoms with Crippen molar-refractivity contribution in [3.8, 4) is 5.75 Å². The molecule has 1 amide bonds. The summed E-state index contributed by atoms with van der Waals surface area (Å²) in [6.07, 6.45) is 2.64. The zero-order chi connectivity index (χ0) is 13.0. The molecule has 6 heteroatoms. The largest absolute Gasteiger partial charge is 0.497 e. The van der Waals surface area contributed by atoms with Crippen LogP contribution >= 0.6 is 11.6 Å². The Balaban J connectivity index is 2.13. The minimum absolute atomic E-state index is 0.196. The van der Waals surface area contributed by atoms with Gasteiger partial charge in [-0.05, 0) is 12.1 Å². The van der Waals surface area contributed by atoms with Crippen molar-refractivity contribution < 1.29 is 9.53 Å². The molecule has 0 bridgehead atoms. The molecule has 1 aromatic heterocycles. The predicted octanol–water partition coefficient (Wildman–Crippen LogP) is 2.39. The third kappa shape index (κ3) is 2.95. The van der Waals surface area contributed by atoms with Crippen LogP contribution in [0.3, 0.4) is 0 Å². The molecule has 0 saturated heterocycles. The lowest BCUT2D eigenvalue weighted by Crippen LogP contribution is -2.13. The van der Waals surface area contributed by atoms with E-state index in [1.165, 1.54) is 12.4 Å². The van der Waals surface area contributed by atoms with Crippen molar-refractivity contribution in [2.75, 3.05) is 12.4 Å². The monoisotopic (exact) mass is 263 g/mol. The molecule has 0 saturated carbocycles. The van der Waals surface area contributed by atoms with Crippen molar-refractivity contribution in [3.05, 3.63) is 47.5 Å². The van der Waals surface area contributed by atoms with Crippen LogP contribution in [0.5, 0.6) is 5.75 Å². The normalized spacial score (nSPS) is 9.89. The molecule has 0 unspecified atom stereocenters. The summed E-state index contributed by atoms with van der Waals surface area (Å²) in [6, 6.07) is 7.03. The summed E-state index contributed by atoms with van der Waals surface area (Å²) in [5.74, 6) is 0.308. The van der Waals surface area contributed by atoms with Gasteiger partial charge in [-0.2, -0.15) is 0 Å². The Morgan fingerprint density at radius 3 is 2.83 bits per heavy atom. The summed E-state index contributed by atoms with van der Waals surface area (Å²) < 4.78 is 5.06. The molecular formula is C12H10ClN3O2. The van der Waals surface area contributed by atoms with E-state index in [1.54, 1.807) is 31.4 Å². The van der Waals surface area contributed by atoms with Crippen molar-refractivity contribution >= 4 is 23.2 Å². The first-order valence-electron chi connectivity index (χ1n) is 5.12. The van der Waals surface area contributed by atoms with Crippen LogP contribution < -0.4 is 10.1 Å².